The van der Waals surface area contributed by atoms with E-state index in [1.807, 2.05) is 27.7 Å². The second-order valence-electron chi connectivity index (χ2n) is 14.8. The number of nitrogens with zero attached hydrogens (tertiary/aromatic N) is 1. The molecule has 2 heterocycles. The van der Waals surface area contributed by atoms with Gasteiger partial charge in [0, 0.05) is 43.7 Å². The number of benzene rings is 4. The molecule has 0 atom stereocenters. The van der Waals surface area contributed by atoms with Crippen LogP contribution in [0.3, 0.4) is 0 Å². The molecule has 0 spiro atoms. The van der Waals surface area contributed by atoms with E-state index in [9.17, 15) is 9.90 Å². The molecular formula is C44H52IrNO2Si-. The van der Waals surface area contributed by atoms with Gasteiger partial charge in [-0.05, 0) is 64.1 Å². The number of ketones is 1. The monoisotopic (exact) mass is 847 g/mol. The Balaban J connectivity index is 0.000000290. The number of carbonyl (C=O) groups excluding carboxylic acids is 1. The Morgan fingerprint density at radius 3 is 2.04 bits per heavy atom. The van der Waals surface area contributed by atoms with Gasteiger partial charge in [0.25, 0.3) is 0 Å². The van der Waals surface area contributed by atoms with Crippen molar-refractivity contribution in [2.75, 3.05) is 0 Å². The predicted molar refractivity (Wildman–Crippen MR) is 208 cm³/mol. The van der Waals surface area contributed by atoms with Gasteiger partial charge in [-0.15, -0.1) is 29.1 Å². The Bertz CT molecular complexity index is 1980. The van der Waals surface area contributed by atoms with Gasteiger partial charge < -0.3 is 5.11 Å². The van der Waals surface area contributed by atoms with Crippen LogP contribution in [0.4, 0.5) is 0 Å². The second-order valence-corrected chi connectivity index (χ2v) is 19.1. The van der Waals surface area contributed by atoms with E-state index in [1.54, 1.807) is 0 Å². The van der Waals surface area contributed by atoms with Crippen molar-refractivity contribution in [3.05, 3.63) is 102 Å². The van der Waals surface area contributed by atoms with Gasteiger partial charge in [-0.3, -0.25) is 9.78 Å². The van der Waals surface area contributed by atoms with Gasteiger partial charge in [-0.25, -0.2) is 0 Å². The standard InChI is InChI=1S/C31H28NSi.C13H24O2.Ir/c1-31(2,3)25-19-21(18-20-12-6-7-13-22(20)25)29-28-24-15-9-11-17-27(24)33(4,5)30(28)23-14-8-10-16-26(23)32-29;1-5-10(6-2)12(14)9-13(15)11(7-3)8-4;/h6-17,19H,1-5H3;9-11,14H,5-8H2,1-4H3;/q-1;;/b;12-9-;. The molecule has 0 unspecified atom stereocenters. The van der Waals surface area contributed by atoms with Crippen molar-refractivity contribution < 1.29 is 30.0 Å². The molecule has 49 heavy (non-hydrogen) atoms. The fourth-order valence-corrected chi connectivity index (χ4v) is 10.9. The Kier molecular flexibility index (Phi) is 12.3. The number of hydrogen-bond donors (Lipinski definition) is 1. The summed E-state index contributed by atoms with van der Waals surface area (Å²) in [5, 5.41) is 16.5. The molecular weight excluding hydrogens is 795 g/mol. The third kappa shape index (κ3) is 7.55. The summed E-state index contributed by atoms with van der Waals surface area (Å²) in [4.78, 5) is 17.0. The molecule has 1 N–H and O–H groups in total. The summed E-state index contributed by atoms with van der Waals surface area (Å²) in [6, 6.07) is 32.4. The van der Waals surface area contributed by atoms with Crippen LogP contribution in [0.15, 0.2) is 90.7 Å². The number of fused-ring (bicyclic) bond motifs is 6. The van der Waals surface area contributed by atoms with E-state index in [4.69, 9.17) is 4.98 Å². The van der Waals surface area contributed by atoms with Crippen LogP contribution < -0.4 is 10.4 Å². The quantitative estimate of drug-likeness (QED) is 0.0733. The third-order valence-electron chi connectivity index (χ3n) is 10.3. The minimum Gasteiger partial charge on any atom is -0.512 e. The number of para-hydroxylation sites is 1. The molecule has 0 fully saturated rings. The van der Waals surface area contributed by atoms with Crippen molar-refractivity contribution in [2.45, 2.75) is 92.7 Å². The van der Waals surface area contributed by atoms with Crippen molar-refractivity contribution in [1.82, 2.24) is 4.98 Å². The average Bonchev–Trinajstić information content (AvgIpc) is 3.32. The normalized spacial score (nSPS) is 13.6. The molecule has 1 aliphatic heterocycles. The molecule has 1 aromatic heterocycles. The summed E-state index contributed by atoms with van der Waals surface area (Å²) in [5.41, 5.74) is 7.31. The zero-order chi connectivity index (χ0) is 34.8. The molecule has 4 aromatic carbocycles. The number of aromatic nitrogens is 1. The van der Waals surface area contributed by atoms with Crippen LogP contribution in [-0.4, -0.2) is 23.9 Å². The number of allylic oxidation sites excluding steroid dienone is 2. The number of rotatable bonds is 8. The SMILES string of the molecule is CC(C)(C)c1cc(-c2nc3ccccc3c3c2-c2ccccc2[Si]3(C)C)[c-]c2ccccc12.CCC(CC)C(=O)/C=C(\O)C(CC)CC.[Ir]. The van der Waals surface area contributed by atoms with Crippen LogP contribution >= 0.6 is 0 Å². The van der Waals surface area contributed by atoms with Crippen LogP contribution in [0.5, 0.6) is 0 Å². The van der Waals surface area contributed by atoms with E-state index < -0.39 is 8.07 Å². The van der Waals surface area contributed by atoms with Crippen molar-refractivity contribution in [1.29, 1.82) is 0 Å². The molecule has 1 aliphatic rings. The minimum atomic E-state index is -1.87. The third-order valence-corrected chi connectivity index (χ3v) is 13.9. The zero-order valence-corrected chi connectivity index (χ0v) is 34.1. The molecule has 5 aromatic rings. The second kappa shape index (κ2) is 15.7. The smallest absolute Gasteiger partial charge is 0.162 e. The topological polar surface area (TPSA) is 50.2 Å². The molecule has 5 heteroatoms. The van der Waals surface area contributed by atoms with E-state index in [0.717, 1.165) is 47.8 Å². The van der Waals surface area contributed by atoms with Crippen molar-refractivity contribution in [3.63, 3.8) is 0 Å². The fraction of sp³-hybridized carbons (Fsp3) is 0.364. The van der Waals surface area contributed by atoms with Gasteiger partial charge >= 0.3 is 0 Å². The first-order valence-corrected chi connectivity index (χ1v) is 20.8. The van der Waals surface area contributed by atoms with E-state index in [1.165, 1.54) is 43.9 Å². The Morgan fingerprint density at radius 2 is 1.41 bits per heavy atom. The maximum atomic E-state index is 11.7. The van der Waals surface area contributed by atoms with Gasteiger partial charge in [0.15, 0.2) is 5.78 Å². The first-order chi connectivity index (χ1) is 22.9. The summed E-state index contributed by atoms with van der Waals surface area (Å²) >= 11 is 0. The van der Waals surface area contributed by atoms with Gasteiger partial charge in [0.1, 0.15) is 8.07 Å². The maximum absolute atomic E-state index is 11.7. The molecule has 0 saturated carbocycles. The van der Waals surface area contributed by atoms with E-state index in [2.05, 4.69) is 119 Å². The largest absolute Gasteiger partial charge is 0.512 e. The first-order valence-electron chi connectivity index (χ1n) is 17.8. The van der Waals surface area contributed by atoms with Crippen LogP contribution in [0.1, 0.15) is 79.7 Å². The molecule has 259 valence electrons. The maximum Gasteiger partial charge on any atom is 0.162 e. The van der Waals surface area contributed by atoms with Crippen LogP contribution in [0.25, 0.3) is 44.1 Å². The Labute approximate surface area is 308 Å². The van der Waals surface area contributed by atoms with E-state index in [0.29, 0.717) is 0 Å². The van der Waals surface area contributed by atoms with Crippen molar-refractivity contribution in [2.24, 2.45) is 11.8 Å². The van der Waals surface area contributed by atoms with Gasteiger partial charge in [-0.1, -0.05) is 133 Å². The number of carbonyl (C=O) groups is 1. The van der Waals surface area contributed by atoms with Gasteiger partial charge in [-0.2, -0.15) is 0 Å². The van der Waals surface area contributed by atoms with Gasteiger partial charge in [0.05, 0.1) is 11.3 Å². The Morgan fingerprint density at radius 1 is 0.837 bits per heavy atom. The van der Waals surface area contributed by atoms with Crippen LogP contribution in [0, 0.1) is 17.9 Å². The minimum absolute atomic E-state index is 0. The fourth-order valence-electron chi connectivity index (χ4n) is 7.46. The van der Waals surface area contributed by atoms with Crippen molar-refractivity contribution >= 4 is 45.9 Å². The molecule has 0 saturated heterocycles. The average molecular weight is 847 g/mol. The number of aliphatic hydroxyl groups is 1. The molecule has 3 nitrogen and oxygen atoms in total. The van der Waals surface area contributed by atoms with Gasteiger partial charge in [0.2, 0.25) is 0 Å². The van der Waals surface area contributed by atoms with E-state index >= 15 is 0 Å². The Hall–Kier alpha value is -3.37. The predicted octanol–water partition coefficient (Wildman–Crippen LogP) is 10.8. The summed E-state index contributed by atoms with van der Waals surface area (Å²) in [7, 11) is -1.87. The van der Waals surface area contributed by atoms with Crippen LogP contribution in [0.2, 0.25) is 13.1 Å². The molecule has 0 bridgehead atoms. The molecule has 0 amide bonds. The molecule has 0 aliphatic carbocycles. The zero-order valence-electron chi connectivity index (χ0n) is 30.7. The summed E-state index contributed by atoms with van der Waals surface area (Å²) in [6.45, 7) is 19.9. The number of hydrogen-bond acceptors (Lipinski definition) is 3. The molecule has 6 rings (SSSR count). The van der Waals surface area contributed by atoms with E-state index in [-0.39, 0.29) is 48.9 Å². The molecule has 1 radical (unpaired) electrons. The first kappa shape index (κ1) is 38.4. The number of aliphatic hydroxyl groups excluding tert-OH is 1. The summed E-state index contributed by atoms with van der Waals surface area (Å²) in [5.74, 6) is 0.547. The van der Waals surface area contributed by atoms with Crippen molar-refractivity contribution in [3.8, 4) is 22.4 Å². The number of pyridine rings is 1. The van der Waals surface area contributed by atoms with Crippen LogP contribution in [-0.2, 0) is 30.3 Å². The summed E-state index contributed by atoms with van der Waals surface area (Å²) in [6.07, 6.45) is 4.91. The summed E-state index contributed by atoms with van der Waals surface area (Å²) < 4.78 is 0.